The Morgan fingerprint density at radius 3 is 2.65 bits per heavy atom. The Hall–Kier alpha value is -3.41. The summed E-state index contributed by atoms with van der Waals surface area (Å²) >= 11 is 0. The lowest BCUT2D eigenvalue weighted by molar-refractivity contribution is 0.0978. The molecule has 0 aliphatic heterocycles. The molecule has 6 heteroatoms. The van der Waals surface area contributed by atoms with Crippen molar-refractivity contribution >= 4 is 28.5 Å². The van der Waals surface area contributed by atoms with Gasteiger partial charge in [0.05, 0.1) is 11.3 Å². The lowest BCUT2D eigenvalue weighted by atomic mass is 10.1. The lowest BCUT2D eigenvalue weighted by Gasteiger charge is -2.08. The number of fused-ring (bicyclic) bond motifs is 1. The topological polar surface area (TPSA) is 101 Å². The average molecular weight is 306 g/mol. The van der Waals surface area contributed by atoms with Crippen molar-refractivity contribution in [3.63, 3.8) is 0 Å². The summed E-state index contributed by atoms with van der Waals surface area (Å²) in [5.74, 6) is -0.408. The van der Waals surface area contributed by atoms with E-state index in [1.807, 2.05) is 18.2 Å². The number of aromatic hydroxyl groups is 1. The SMILES string of the molecule is NC(=Nc1ccccc1)NC(=O)c1ccnc2c(O)cccc12. The number of benzene rings is 2. The first-order chi connectivity index (χ1) is 11.1. The van der Waals surface area contributed by atoms with Gasteiger partial charge >= 0.3 is 0 Å². The zero-order chi connectivity index (χ0) is 16.2. The lowest BCUT2D eigenvalue weighted by Crippen LogP contribution is -2.36. The molecule has 114 valence electrons. The third-order valence-electron chi connectivity index (χ3n) is 3.24. The average Bonchev–Trinajstić information content (AvgIpc) is 2.55. The Morgan fingerprint density at radius 2 is 1.87 bits per heavy atom. The number of aliphatic imine (C=N–C) groups is 1. The molecule has 2 aromatic carbocycles. The first-order valence-corrected chi connectivity index (χ1v) is 6.92. The van der Waals surface area contributed by atoms with Crippen LogP contribution in [0, 0.1) is 0 Å². The number of nitrogens with one attached hydrogen (secondary N) is 1. The summed E-state index contributed by atoms with van der Waals surface area (Å²) in [5, 5.41) is 12.9. The third-order valence-corrected chi connectivity index (χ3v) is 3.24. The number of pyridine rings is 1. The van der Waals surface area contributed by atoms with Gasteiger partial charge in [-0.3, -0.25) is 15.1 Å². The number of carbonyl (C=O) groups is 1. The number of phenolic OH excluding ortho intramolecular Hbond substituents is 1. The summed E-state index contributed by atoms with van der Waals surface area (Å²) in [6.45, 7) is 0. The Kier molecular flexibility index (Phi) is 3.88. The molecule has 4 N–H and O–H groups in total. The second-order valence-corrected chi connectivity index (χ2v) is 4.82. The summed E-state index contributed by atoms with van der Waals surface area (Å²) in [6, 6.07) is 15.5. The molecule has 6 nitrogen and oxygen atoms in total. The van der Waals surface area contributed by atoms with Crippen molar-refractivity contribution < 1.29 is 9.90 Å². The second kappa shape index (κ2) is 6.15. The fourth-order valence-corrected chi connectivity index (χ4v) is 2.21. The highest BCUT2D eigenvalue weighted by Gasteiger charge is 2.13. The molecule has 1 amide bonds. The van der Waals surface area contributed by atoms with Crippen molar-refractivity contribution in [2.24, 2.45) is 10.7 Å². The van der Waals surface area contributed by atoms with Crippen molar-refractivity contribution in [3.8, 4) is 5.75 Å². The van der Waals surface area contributed by atoms with E-state index in [-0.39, 0.29) is 11.7 Å². The van der Waals surface area contributed by atoms with Crippen LogP contribution in [0.1, 0.15) is 10.4 Å². The summed E-state index contributed by atoms with van der Waals surface area (Å²) in [7, 11) is 0. The van der Waals surface area contributed by atoms with E-state index in [9.17, 15) is 9.90 Å². The molecule has 0 spiro atoms. The maximum Gasteiger partial charge on any atom is 0.258 e. The van der Waals surface area contributed by atoms with Crippen LogP contribution in [0.15, 0.2) is 65.8 Å². The van der Waals surface area contributed by atoms with Crippen LogP contribution >= 0.6 is 0 Å². The van der Waals surface area contributed by atoms with Crippen LogP contribution in [0.4, 0.5) is 5.69 Å². The minimum absolute atomic E-state index is 0.00804. The normalized spacial score (nSPS) is 11.4. The van der Waals surface area contributed by atoms with Crippen LogP contribution in [0.25, 0.3) is 10.9 Å². The Morgan fingerprint density at radius 1 is 1.09 bits per heavy atom. The molecule has 0 saturated carbocycles. The number of para-hydroxylation sites is 2. The monoisotopic (exact) mass is 306 g/mol. The molecule has 3 rings (SSSR count). The molecule has 0 radical (unpaired) electrons. The second-order valence-electron chi connectivity index (χ2n) is 4.82. The summed E-state index contributed by atoms with van der Waals surface area (Å²) in [6.07, 6.45) is 1.46. The van der Waals surface area contributed by atoms with E-state index >= 15 is 0 Å². The van der Waals surface area contributed by atoms with Crippen molar-refractivity contribution in [3.05, 3.63) is 66.4 Å². The van der Waals surface area contributed by atoms with Gasteiger partial charge in [-0.25, -0.2) is 4.99 Å². The Bertz CT molecular complexity index is 891. The maximum absolute atomic E-state index is 12.4. The molecule has 0 atom stereocenters. The number of amides is 1. The van der Waals surface area contributed by atoms with Crippen molar-refractivity contribution in [2.45, 2.75) is 0 Å². The molecule has 23 heavy (non-hydrogen) atoms. The predicted molar refractivity (Wildman–Crippen MR) is 88.6 cm³/mol. The van der Waals surface area contributed by atoms with Gasteiger partial charge in [-0.05, 0) is 24.3 Å². The number of nitrogens with zero attached hydrogens (tertiary/aromatic N) is 2. The van der Waals surface area contributed by atoms with Gasteiger partial charge in [0, 0.05) is 11.6 Å². The van der Waals surface area contributed by atoms with Gasteiger partial charge in [0.15, 0.2) is 0 Å². The number of aromatic nitrogens is 1. The van der Waals surface area contributed by atoms with E-state index in [0.29, 0.717) is 22.2 Å². The highest BCUT2D eigenvalue weighted by molar-refractivity contribution is 6.12. The summed E-state index contributed by atoms with van der Waals surface area (Å²) in [4.78, 5) is 20.6. The number of guanidine groups is 1. The highest BCUT2D eigenvalue weighted by atomic mass is 16.3. The standard InChI is InChI=1S/C17H14N4O2/c18-17(20-11-5-2-1-3-6-11)21-16(23)13-9-10-19-15-12(13)7-4-8-14(15)22/h1-10,22H,(H3,18,20,21,23). The molecule has 1 aromatic heterocycles. The zero-order valence-corrected chi connectivity index (χ0v) is 12.1. The zero-order valence-electron chi connectivity index (χ0n) is 12.1. The van der Waals surface area contributed by atoms with E-state index in [2.05, 4.69) is 15.3 Å². The summed E-state index contributed by atoms with van der Waals surface area (Å²) < 4.78 is 0. The Balaban J connectivity index is 1.90. The van der Waals surface area contributed by atoms with Crippen LogP contribution in [-0.2, 0) is 0 Å². The van der Waals surface area contributed by atoms with Crippen LogP contribution in [0.3, 0.4) is 0 Å². The number of nitrogens with two attached hydrogens (primary N) is 1. The first kappa shape index (κ1) is 14.5. The highest BCUT2D eigenvalue weighted by Crippen LogP contribution is 2.24. The van der Waals surface area contributed by atoms with Gasteiger partial charge < -0.3 is 10.8 Å². The summed E-state index contributed by atoms with van der Waals surface area (Å²) in [5.41, 5.74) is 7.13. The van der Waals surface area contributed by atoms with E-state index in [4.69, 9.17) is 5.73 Å². The van der Waals surface area contributed by atoms with Gasteiger partial charge in [0.1, 0.15) is 11.3 Å². The molecule has 0 unspecified atom stereocenters. The van der Waals surface area contributed by atoms with Crippen LogP contribution < -0.4 is 11.1 Å². The van der Waals surface area contributed by atoms with Gasteiger partial charge in [-0.2, -0.15) is 0 Å². The molecule has 0 bridgehead atoms. The molecular formula is C17H14N4O2. The van der Waals surface area contributed by atoms with Gasteiger partial charge in [0.25, 0.3) is 5.91 Å². The van der Waals surface area contributed by atoms with Crippen molar-refractivity contribution in [1.82, 2.24) is 10.3 Å². The first-order valence-electron chi connectivity index (χ1n) is 6.92. The fraction of sp³-hybridized carbons (Fsp3) is 0. The number of hydrogen-bond donors (Lipinski definition) is 3. The molecule has 0 fully saturated rings. The van der Waals surface area contributed by atoms with Crippen LogP contribution in [-0.4, -0.2) is 22.0 Å². The van der Waals surface area contributed by atoms with Gasteiger partial charge in [0.2, 0.25) is 5.96 Å². The molecule has 3 aromatic rings. The largest absolute Gasteiger partial charge is 0.506 e. The van der Waals surface area contributed by atoms with E-state index in [0.717, 1.165) is 0 Å². The molecular weight excluding hydrogens is 292 g/mol. The molecule has 0 aliphatic carbocycles. The quantitative estimate of drug-likeness (QED) is 0.499. The van der Waals surface area contributed by atoms with Gasteiger partial charge in [-0.15, -0.1) is 0 Å². The van der Waals surface area contributed by atoms with Crippen molar-refractivity contribution in [1.29, 1.82) is 0 Å². The predicted octanol–water partition coefficient (Wildman–Crippen LogP) is 2.32. The Labute approximate surface area is 132 Å². The van der Waals surface area contributed by atoms with E-state index in [1.54, 1.807) is 30.3 Å². The minimum Gasteiger partial charge on any atom is -0.506 e. The third kappa shape index (κ3) is 3.11. The number of phenols is 1. The van der Waals surface area contributed by atoms with E-state index < -0.39 is 5.91 Å². The van der Waals surface area contributed by atoms with Crippen molar-refractivity contribution in [2.75, 3.05) is 0 Å². The molecule has 1 heterocycles. The molecule has 0 aliphatic rings. The minimum atomic E-state index is -0.416. The van der Waals surface area contributed by atoms with E-state index in [1.165, 1.54) is 12.3 Å². The number of hydrogen-bond acceptors (Lipinski definition) is 4. The smallest absolute Gasteiger partial charge is 0.258 e. The fourth-order valence-electron chi connectivity index (χ4n) is 2.21. The van der Waals surface area contributed by atoms with Gasteiger partial charge in [-0.1, -0.05) is 30.3 Å². The number of rotatable bonds is 2. The van der Waals surface area contributed by atoms with Crippen LogP contribution in [0.2, 0.25) is 0 Å². The maximum atomic E-state index is 12.4. The number of carbonyl (C=O) groups excluding carboxylic acids is 1. The van der Waals surface area contributed by atoms with Crippen LogP contribution in [0.5, 0.6) is 5.75 Å². The molecule has 0 saturated heterocycles.